The zero-order valence-corrected chi connectivity index (χ0v) is 28.6. The third kappa shape index (κ3) is 11.2. The van der Waals surface area contributed by atoms with Crippen LogP contribution in [0, 0.1) is 0 Å². The number of alkyl halides is 8. The lowest BCUT2D eigenvalue weighted by Gasteiger charge is -2.44. The van der Waals surface area contributed by atoms with E-state index in [4.69, 9.17) is 95.1 Å². The number of hydrogen-bond donors (Lipinski definition) is 2. The van der Waals surface area contributed by atoms with Crippen molar-refractivity contribution in [2.45, 2.75) is 69.9 Å². The van der Waals surface area contributed by atoms with E-state index < -0.39 is 34.0 Å². The van der Waals surface area contributed by atoms with Gasteiger partial charge >= 0.3 is 9.05 Å². The summed E-state index contributed by atoms with van der Waals surface area (Å²) in [6.45, 7) is -0.0155. The van der Waals surface area contributed by atoms with Crippen molar-refractivity contribution in [1.29, 1.82) is 0 Å². The summed E-state index contributed by atoms with van der Waals surface area (Å²) in [4.78, 5) is 24.0. The van der Waals surface area contributed by atoms with E-state index in [0.717, 1.165) is 15.6 Å². The lowest BCUT2D eigenvalue weighted by atomic mass is 9.76. The molecule has 0 saturated carbocycles. The number of allylic oxidation sites excluding steroid dienone is 2. The lowest BCUT2D eigenvalue weighted by Crippen LogP contribution is -2.52. The van der Waals surface area contributed by atoms with Crippen LogP contribution in [0.15, 0.2) is 20.1 Å². The van der Waals surface area contributed by atoms with Gasteiger partial charge in [-0.3, -0.25) is 0 Å². The minimum atomic E-state index is -4.66. The maximum absolute atomic E-state index is 10.3. The summed E-state index contributed by atoms with van der Waals surface area (Å²) in [5.41, 5.74) is 0.284. The Kier molecular flexibility index (Phi) is 17.4. The first-order chi connectivity index (χ1) is 15.8. The first-order valence-corrected chi connectivity index (χ1v) is 17.4. The Hall–Kier alpha value is 2.97. The number of halogens is 10. The molecule has 0 aliphatic heterocycles. The minimum Gasteiger partial charge on any atom is -0.366 e. The highest BCUT2D eigenvalue weighted by atomic mass is 79.9. The van der Waals surface area contributed by atoms with Crippen molar-refractivity contribution in [3.05, 3.63) is 20.1 Å². The van der Waals surface area contributed by atoms with Gasteiger partial charge in [-0.25, -0.2) is 4.89 Å². The summed E-state index contributed by atoms with van der Waals surface area (Å²) >= 11 is 52.8. The fourth-order valence-corrected chi connectivity index (χ4v) is 7.15. The van der Waals surface area contributed by atoms with Crippen molar-refractivity contribution >= 4 is 138 Å². The van der Waals surface area contributed by atoms with E-state index in [2.05, 4.69) is 47.8 Å². The maximum atomic E-state index is 10.3. The molecule has 1 rings (SSSR count). The highest BCUT2D eigenvalue weighted by Gasteiger charge is 2.52. The number of rotatable bonds is 16. The molecule has 0 bridgehead atoms. The van der Waals surface area contributed by atoms with Gasteiger partial charge < -0.3 is 14.0 Å². The van der Waals surface area contributed by atoms with Gasteiger partial charge in [-0.2, -0.15) is 4.58 Å². The third-order valence-electron chi connectivity index (χ3n) is 4.81. The topological polar surface area (TPSA) is 68.2 Å². The Morgan fingerprint density at radius 2 is 1.50 bits per heavy atom. The van der Waals surface area contributed by atoms with Crippen LogP contribution in [0.4, 0.5) is 0 Å². The van der Waals surface area contributed by atoms with E-state index in [1.807, 2.05) is 0 Å². The van der Waals surface area contributed by atoms with Crippen LogP contribution in [0.5, 0.6) is 0 Å². The molecule has 0 amide bonds. The fraction of sp³-hybridized carbons (Fsp3) is 0.778. The Labute approximate surface area is 261 Å². The first-order valence-electron chi connectivity index (χ1n) is 10.1. The van der Waals surface area contributed by atoms with Crippen LogP contribution >= 0.6 is 129 Å². The molecule has 1 aliphatic rings. The number of hydrogen-bond acceptors (Lipinski definition) is 5. The van der Waals surface area contributed by atoms with E-state index in [1.165, 1.54) is 0 Å². The molecule has 0 heterocycles. The molecule has 0 fully saturated rings. The average Bonchev–Trinajstić information content (AvgIpc) is 2.74. The van der Waals surface area contributed by atoms with Gasteiger partial charge in [0.15, 0.2) is 0 Å². The van der Waals surface area contributed by atoms with E-state index in [-0.39, 0.29) is 18.9 Å². The SMILES string of the molecule is O[Si](O)(OCCCCl)OOC1(CCC(Cl)Cl)C(CCC(Cl)Cl)=C(CCC(Cl)Cl)C(Br)=C(Br)C1Br. The molecule has 0 radical (unpaired) electrons. The van der Waals surface area contributed by atoms with Crippen LogP contribution < -0.4 is 0 Å². The third-order valence-corrected chi connectivity index (χ3v) is 11.4. The summed E-state index contributed by atoms with van der Waals surface area (Å²) in [6.07, 6.45) is 2.61. The summed E-state index contributed by atoms with van der Waals surface area (Å²) in [7, 11) is -4.66. The zero-order chi connectivity index (χ0) is 26.1. The molecule has 0 aromatic carbocycles. The monoisotopic (exact) mass is 830 g/mol. The van der Waals surface area contributed by atoms with Crippen LogP contribution in [0.1, 0.15) is 44.9 Å². The molecule has 0 spiro atoms. The van der Waals surface area contributed by atoms with Crippen LogP contribution in [-0.4, -0.2) is 56.1 Å². The Bertz CT molecular complexity index is 715. The quantitative estimate of drug-likeness (QED) is 0.0537. The Morgan fingerprint density at radius 3 is 2.03 bits per heavy atom. The highest BCUT2D eigenvalue weighted by molar-refractivity contribution is 9.15. The molecule has 2 atom stereocenters. The van der Waals surface area contributed by atoms with Crippen molar-refractivity contribution in [1.82, 2.24) is 0 Å². The second-order valence-corrected chi connectivity index (χ2v) is 15.6. The molecule has 0 aromatic rings. The molecule has 16 heteroatoms. The van der Waals surface area contributed by atoms with E-state index in [0.29, 0.717) is 43.0 Å². The molecule has 200 valence electrons. The summed E-state index contributed by atoms with van der Waals surface area (Å²) < 4.78 is 11.7. The molecule has 1 aliphatic carbocycles. The van der Waals surface area contributed by atoms with Crippen LogP contribution in [-0.2, 0) is 13.9 Å². The average molecular weight is 836 g/mol. The van der Waals surface area contributed by atoms with Crippen LogP contribution in [0.25, 0.3) is 0 Å². The van der Waals surface area contributed by atoms with E-state index in [9.17, 15) is 9.59 Å². The van der Waals surface area contributed by atoms with E-state index >= 15 is 0 Å². The summed E-state index contributed by atoms with van der Waals surface area (Å²) in [6, 6.07) is 0. The molecular formula is C18H24Br3Cl7O5Si. The second-order valence-electron chi connectivity index (χ2n) is 7.27. The van der Waals surface area contributed by atoms with Gasteiger partial charge in [0.2, 0.25) is 0 Å². The summed E-state index contributed by atoms with van der Waals surface area (Å²) in [5, 5.41) is 0. The van der Waals surface area contributed by atoms with Gasteiger partial charge in [0, 0.05) is 21.5 Å². The van der Waals surface area contributed by atoms with Gasteiger partial charge in [0.1, 0.15) is 20.1 Å². The summed E-state index contributed by atoms with van der Waals surface area (Å²) in [5.74, 6) is 0.285. The lowest BCUT2D eigenvalue weighted by molar-refractivity contribution is -0.323. The smallest absolute Gasteiger partial charge is 0.366 e. The van der Waals surface area contributed by atoms with Crippen molar-refractivity contribution in [2.75, 3.05) is 12.5 Å². The van der Waals surface area contributed by atoms with Crippen LogP contribution in [0.3, 0.4) is 0 Å². The molecule has 0 aromatic heterocycles. The predicted molar refractivity (Wildman–Crippen MR) is 155 cm³/mol. The molecule has 34 heavy (non-hydrogen) atoms. The molecule has 0 saturated heterocycles. The van der Waals surface area contributed by atoms with Gasteiger partial charge in [-0.1, -0.05) is 31.9 Å². The second kappa shape index (κ2) is 16.9. The predicted octanol–water partition coefficient (Wildman–Crippen LogP) is 8.57. The van der Waals surface area contributed by atoms with Gasteiger partial charge in [0.25, 0.3) is 0 Å². The largest absolute Gasteiger partial charge is 0.702 e. The molecule has 2 unspecified atom stereocenters. The normalized spacial score (nSPS) is 22.1. The van der Waals surface area contributed by atoms with Crippen molar-refractivity contribution < 1.29 is 23.5 Å². The molecular weight excluding hydrogens is 812 g/mol. The Balaban J connectivity index is 3.52. The Morgan fingerprint density at radius 1 is 0.941 bits per heavy atom. The highest BCUT2D eigenvalue weighted by Crippen LogP contribution is 2.53. The van der Waals surface area contributed by atoms with Crippen molar-refractivity contribution in [3.63, 3.8) is 0 Å². The fourth-order valence-electron chi connectivity index (χ4n) is 3.28. The zero-order valence-electron chi connectivity index (χ0n) is 17.6. The van der Waals surface area contributed by atoms with Crippen molar-refractivity contribution in [2.24, 2.45) is 0 Å². The van der Waals surface area contributed by atoms with Gasteiger partial charge in [-0.05, 0) is 72.0 Å². The van der Waals surface area contributed by atoms with Crippen LogP contribution in [0.2, 0.25) is 0 Å². The standard InChI is InChI=1S/C18H24Br3Cl7O5Si/c19-15-10(2-4-12(23)24)11(3-5-13(25)26)18(7-6-14(27)28,17(21)16(15)20)32-33-34(29,30)31-9-1-8-22/h12-14,17,29-30H,1-9H2. The minimum absolute atomic E-state index is 0.0155. The van der Waals surface area contributed by atoms with Crippen molar-refractivity contribution in [3.8, 4) is 0 Å². The van der Waals surface area contributed by atoms with Gasteiger partial charge in [0.05, 0.1) is 4.83 Å². The molecule has 2 N–H and O–H groups in total. The maximum Gasteiger partial charge on any atom is 0.702 e. The van der Waals surface area contributed by atoms with Gasteiger partial charge in [-0.15, -0.1) is 81.2 Å². The first kappa shape index (κ1) is 35.0. The molecule has 5 nitrogen and oxygen atoms in total. The van der Waals surface area contributed by atoms with E-state index in [1.54, 1.807) is 0 Å².